The molecule has 0 spiro atoms. The summed E-state index contributed by atoms with van der Waals surface area (Å²) in [7, 11) is -1.40. The number of aliphatic hydroxyl groups is 1. The molecular formula is C18H29N3O5S. The van der Waals surface area contributed by atoms with Gasteiger partial charge >= 0.3 is 0 Å². The van der Waals surface area contributed by atoms with Crippen molar-refractivity contribution in [2.75, 3.05) is 72.7 Å². The van der Waals surface area contributed by atoms with Crippen LogP contribution >= 0.6 is 0 Å². The molecule has 1 atom stereocenters. The van der Waals surface area contributed by atoms with Gasteiger partial charge in [-0.15, -0.1) is 0 Å². The smallest absolute Gasteiger partial charge is 0.243 e. The second-order valence-corrected chi connectivity index (χ2v) is 8.99. The van der Waals surface area contributed by atoms with E-state index in [0.29, 0.717) is 38.6 Å². The van der Waals surface area contributed by atoms with Crippen LogP contribution in [0.15, 0.2) is 29.2 Å². The van der Waals surface area contributed by atoms with E-state index in [1.807, 2.05) is 0 Å². The normalized spacial score (nSPS) is 21.9. The van der Waals surface area contributed by atoms with Gasteiger partial charge in [-0.1, -0.05) is 0 Å². The zero-order valence-corrected chi connectivity index (χ0v) is 16.6. The van der Waals surface area contributed by atoms with Gasteiger partial charge in [-0.2, -0.15) is 4.31 Å². The third-order valence-electron chi connectivity index (χ3n) is 4.94. The van der Waals surface area contributed by atoms with Gasteiger partial charge in [0.1, 0.15) is 18.5 Å². The summed E-state index contributed by atoms with van der Waals surface area (Å²) in [4.78, 5) is 4.74. The first-order valence-electron chi connectivity index (χ1n) is 9.35. The number of sulfonamides is 1. The number of nitrogens with zero attached hydrogens (tertiary/aromatic N) is 3. The fourth-order valence-corrected chi connectivity index (χ4v) is 4.63. The van der Waals surface area contributed by atoms with Crippen LogP contribution < -0.4 is 4.74 Å². The topological polar surface area (TPSA) is 82.5 Å². The predicted octanol–water partition coefficient (Wildman–Crippen LogP) is -0.305. The fourth-order valence-electron chi connectivity index (χ4n) is 3.22. The summed E-state index contributed by atoms with van der Waals surface area (Å²) in [5.41, 5.74) is 0. The van der Waals surface area contributed by atoms with Crippen molar-refractivity contribution in [1.29, 1.82) is 0 Å². The number of ether oxygens (including phenoxy) is 2. The van der Waals surface area contributed by atoms with Crippen molar-refractivity contribution in [2.45, 2.75) is 11.0 Å². The van der Waals surface area contributed by atoms with Crippen LogP contribution in [0.2, 0.25) is 0 Å². The van der Waals surface area contributed by atoms with Crippen molar-refractivity contribution in [3.63, 3.8) is 0 Å². The first-order chi connectivity index (χ1) is 12.9. The molecule has 0 unspecified atom stereocenters. The van der Waals surface area contributed by atoms with Crippen molar-refractivity contribution < 1.29 is 23.0 Å². The Labute approximate surface area is 161 Å². The van der Waals surface area contributed by atoms with Crippen molar-refractivity contribution >= 4 is 10.0 Å². The maximum atomic E-state index is 12.6. The van der Waals surface area contributed by atoms with Crippen LogP contribution in [0.4, 0.5) is 0 Å². The Morgan fingerprint density at radius 2 is 1.70 bits per heavy atom. The molecule has 2 aliphatic heterocycles. The fraction of sp³-hybridized carbons (Fsp3) is 0.667. The van der Waals surface area contributed by atoms with Gasteiger partial charge in [0.25, 0.3) is 0 Å². The number of hydrogen-bond acceptors (Lipinski definition) is 7. The van der Waals surface area contributed by atoms with Gasteiger partial charge < -0.3 is 19.5 Å². The van der Waals surface area contributed by atoms with E-state index in [1.54, 1.807) is 24.3 Å². The molecule has 9 heteroatoms. The molecule has 0 aliphatic carbocycles. The quantitative estimate of drug-likeness (QED) is 0.674. The average molecular weight is 400 g/mol. The molecular weight excluding hydrogens is 370 g/mol. The summed E-state index contributed by atoms with van der Waals surface area (Å²) in [6, 6.07) is 6.37. The highest BCUT2D eigenvalue weighted by Gasteiger charge is 2.26. The molecule has 1 aromatic carbocycles. The molecule has 27 heavy (non-hydrogen) atoms. The number of piperazine rings is 1. The first-order valence-corrected chi connectivity index (χ1v) is 10.8. The minimum absolute atomic E-state index is 0.182. The predicted molar refractivity (Wildman–Crippen MR) is 101 cm³/mol. The molecule has 0 saturated carbocycles. The molecule has 0 bridgehead atoms. The monoisotopic (exact) mass is 399 g/mol. The van der Waals surface area contributed by atoms with Gasteiger partial charge in [-0.25, -0.2) is 8.42 Å². The Bertz CT molecular complexity index is 683. The summed E-state index contributed by atoms with van der Waals surface area (Å²) in [5.74, 6) is 0.549. The summed E-state index contributed by atoms with van der Waals surface area (Å²) < 4.78 is 37.5. The number of likely N-dealkylation sites (N-methyl/N-ethyl adjacent to an activating group) is 1. The lowest BCUT2D eigenvalue weighted by molar-refractivity contribution is 0.0504. The Kier molecular flexibility index (Phi) is 7.07. The van der Waals surface area contributed by atoms with Crippen molar-refractivity contribution in [2.24, 2.45) is 0 Å². The van der Waals surface area contributed by atoms with E-state index in [0.717, 1.165) is 26.2 Å². The van der Waals surface area contributed by atoms with Crippen LogP contribution in [0.25, 0.3) is 0 Å². The number of β-amino-alcohol motifs (C(OH)–C–C–N with tert-alkyl or cyclic N) is 1. The highest BCUT2D eigenvalue weighted by molar-refractivity contribution is 7.89. The number of benzene rings is 1. The molecule has 0 amide bonds. The first kappa shape index (κ1) is 20.5. The van der Waals surface area contributed by atoms with Crippen molar-refractivity contribution in [1.82, 2.24) is 14.1 Å². The molecule has 2 aliphatic rings. The molecule has 0 aromatic heterocycles. The Morgan fingerprint density at radius 3 is 2.33 bits per heavy atom. The summed E-state index contributed by atoms with van der Waals surface area (Å²) in [5, 5.41) is 10.2. The van der Waals surface area contributed by atoms with Gasteiger partial charge in [0.2, 0.25) is 10.0 Å². The van der Waals surface area contributed by atoms with E-state index < -0.39 is 16.1 Å². The molecule has 152 valence electrons. The van der Waals surface area contributed by atoms with Crippen LogP contribution in [0.5, 0.6) is 5.75 Å². The van der Waals surface area contributed by atoms with Crippen molar-refractivity contribution in [3.8, 4) is 5.75 Å². The largest absolute Gasteiger partial charge is 0.491 e. The van der Waals surface area contributed by atoms with Crippen LogP contribution in [-0.4, -0.2) is 106 Å². The maximum Gasteiger partial charge on any atom is 0.243 e. The minimum atomic E-state index is -3.50. The van der Waals surface area contributed by atoms with E-state index in [-0.39, 0.29) is 11.5 Å². The molecule has 2 fully saturated rings. The average Bonchev–Trinajstić information content (AvgIpc) is 2.69. The Balaban J connectivity index is 1.48. The Hall–Kier alpha value is -1.23. The second kappa shape index (κ2) is 9.31. The lowest BCUT2D eigenvalue weighted by Gasteiger charge is -2.33. The lowest BCUT2D eigenvalue weighted by Crippen LogP contribution is -2.47. The van der Waals surface area contributed by atoms with Crippen LogP contribution in [-0.2, 0) is 14.8 Å². The molecule has 1 N–H and O–H groups in total. The summed E-state index contributed by atoms with van der Waals surface area (Å²) in [6.07, 6.45) is -0.579. The summed E-state index contributed by atoms with van der Waals surface area (Å²) in [6.45, 7) is 6.26. The van der Waals surface area contributed by atoms with Gasteiger partial charge in [-0.3, -0.25) is 4.90 Å². The van der Waals surface area contributed by atoms with E-state index >= 15 is 0 Å². The Morgan fingerprint density at radius 1 is 1.07 bits per heavy atom. The molecule has 0 radical (unpaired) electrons. The number of morpholine rings is 1. The highest BCUT2D eigenvalue weighted by Crippen LogP contribution is 2.20. The van der Waals surface area contributed by atoms with Crippen molar-refractivity contribution in [3.05, 3.63) is 24.3 Å². The molecule has 2 heterocycles. The minimum Gasteiger partial charge on any atom is -0.491 e. The third-order valence-corrected chi connectivity index (χ3v) is 6.85. The zero-order chi connectivity index (χ0) is 19.3. The van der Waals surface area contributed by atoms with E-state index in [2.05, 4.69) is 16.8 Å². The number of aliphatic hydroxyl groups excluding tert-OH is 1. The van der Waals surface area contributed by atoms with Gasteiger partial charge in [0.15, 0.2) is 0 Å². The van der Waals surface area contributed by atoms with Crippen LogP contribution in [0.1, 0.15) is 0 Å². The summed E-state index contributed by atoms with van der Waals surface area (Å²) >= 11 is 0. The number of hydrogen-bond donors (Lipinski definition) is 1. The van der Waals surface area contributed by atoms with Gasteiger partial charge in [0.05, 0.1) is 18.1 Å². The van der Waals surface area contributed by atoms with Crippen LogP contribution in [0, 0.1) is 0 Å². The molecule has 1 aromatic rings. The second-order valence-electron chi connectivity index (χ2n) is 7.06. The molecule has 3 rings (SSSR count). The third kappa shape index (κ3) is 5.63. The lowest BCUT2D eigenvalue weighted by atomic mass is 10.3. The van der Waals surface area contributed by atoms with E-state index in [9.17, 15) is 13.5 Å². The van der Waals surface area contributed by atoms with Gasteiger partial charge in [-0.05, 0) is 31.3 Å². The zero-order valence-electron chi connectivity index (χ0n) is 15.8. The SMILES string of the molecule is CN1CCN(C[C@@H](O)COc2ccc(S(=O)(=O)N3CCOCC3)cc2)CC1. The molecule has 8 nitrogen and oxygen atoms in total. The number of rotatable bonds is 7. The highest BCUT2D eigenvalue weighted by atomic mass is 32.2. The maximum absolute atomic E-state index is 12.6. The molecule has 2 saturated heterocycles. The van der Waals surface area contributed by atoms with E-state index in [4.69, 9.17) is 9.47 Å². The van der Waals surface area contributed by atoms with Gasteiger partial charge in [0, 0.05) is 45.8 Å². The van der Waals surface area contributed by atoms with Crippen LogP contribution in [0.3, 0.4) is 0 Å². The standard InChI is InChI=1S/C18H29N3O5S/c1-19-6-8-20(9-7-19)14-16(22)15-26-17-2-4-18(5-3-17)27(23,24)21-10-12-25-13-11-21/h2-5,16,22H,6-15H2,1H3/t16-/m1/s1. The van der Waals surface area contributed by atoms with E-state index in [1.165, 1.54) is 4.31 Å².